The predicted octanol–water partition coefficient (Wildman–Crippen LogP) is 3.04. The molecule has 1 aliphatic rings. The lowest BCUT2D eigenvalue weighted by Crippen LogP contribution is -2.42. The van der Waals surface area contributed by atoms with Gasteiger partial charge in [0, 0.05) is 12.6 Å². The smallest absolute Gasteiger partial charge is 0.0233 e. The zero-order valence-corrected chi connectivity index (χ0v) is 11.6. The average Bonchev–Trinajstić information content (AvgIpc) is 2.42. The summed E-state index contributed by atoms with van der Waals surface area (Å²) in [5.74, 6) is 0. The third-order valence-corrected chi connectivity index (χ3v) is 3.80. The van der Waals surface area contributed by atoms with E-state index in [4.69, 9.17) is 0 Å². The van der Waals surface area contributed by atoms with Gasteiger partial charge >= 0.3 is 0 Å². The van der Waals surface area contributed by atoms with Crippen molar-refractivity contribution in [1.82, 2.24) is 10.2 Å². The van der Waals surface area contributed by atoms with Crippen molar-refractivity contribution >= 4 is 0 Å². The van der Waals surface area contributed by atoms with E-state index in [0.717, 1.165) is 12.6 Å². The summed E-state index contributed by atoms with van der Waals surface area (Å²) in [7, 11) is 0. The first kappa shape index (κ1) is 13.6. The van der Waals surface area contributed by atoms with E-state index in [1.54, 1.807) is 0 Å². The molecule has 1 aromatic rings. The van der Waals surface area contributed by atoms with Crippen LogP contribution in [0.2, 0.25) is 0 Å². The average molecular weight is 246 g/mol. The molecular formula is C16H26N2. The predicted molar refractivity (Wildman–Crippen MR) is 77.7 cm³/mol. The molecule has 2 nitrogen and oxygen atoms in total. The number of benzene rings is 1. The Morgan fingerprint density at radius 1 is 1.17 bits per heavy atom. The van der Waals surface area contributed by atoms with E-state index in [2.05, 4.69) is 47.5 Å². The molecule has 18 heavy (non-hydrogen) atoms. The van der Waals surface area contributed by atoms with Crippen LogP contribution in [0.3, 0.4) is 0 Å². The number of rotatable bonds is 6. The molecule has 0 spiro atoms. The van der Waals surface area contributed by atoms with Crippen LogP contribution >= 0.6 is 0 Å². The molecule has 1 fully saturated rings. The fourth-order valence-electron chi connectivity index (χ4n) is 2.62. The molecule has 0 aromatic heterocycles. The van der Waals surface area contributed by atoms with Crippen LogP contribution in [0, 0.1) is 0 Å². The van der Waals surface area contributed by atoms with Gasteiger partial charge in [0.05, 0.1) is 0 Å². The SMILES string of the molecule is CCCCNC1CCN(Cc2ccccc2)CC1. The number of unbranched alkanes of at least 4 members (excludes halogenated alkanes) is 1. The highest BCUT2D eigenvalue weighted by Crippen LogP contribution is 2.13. The molecule has 2 heteroatoms. The Balaban J connectivity index is 1.67. The molecule has 0 atom stereocenters. The first-order valence-electron chi connectivity index (χ1n) is 7.38. The van der Waals surface area contributed by atoms with Crippen LogP contribution in [0.4, 0.5) is 0 Å². The topological polar surface area (TPSA) is 15.3 Å². The number of hydrogen-bond donors (Lipinski definition) is 1. The largest absolute Gasteiger partial charge is 0.314 e. The summed E-state index contributed by atoms with van der Waals surface area (Å²) in [5, 5.41) is 3.68. The third-order valence-electron chi connectivity index (χ3n) is 3.80. The van der Waals surface area contributed by atoms with E-state index in [1.807, 2.05) is 0 Å². The van der Waals surface area contributed by atoms with Gasteiger partial charge in [0.1, 0.15) is 0 Å². The second kappa shape index (κ2) is 7.55. The maximum Gasteiger partial charge on any atom is 0.0233 e. The lowest BCUT2D eigenvalue weighted by Gasteiger charge is -2.32. The van der Waals surface area contributed by atoms with Crippen LogP contribution in [-0.2, 0) is 6.54 Å². The molecule has 0 saturated carbocycles. The van der Waals surface area contributed by atoms with Crippen LogP contribution in [0.25, 0.3) is 0 Å². The van der Waals surface area contributed by atoms with Gasteiger partial charge in [-0.2, -0.15) is 0 Å². The van der Waals surface area contributed by atoms with Gasteiger partial charge in [-0.15, -0.1) is 0 Å². The van der Waals surface area contributed by atoms with Gasteiger partial charge in [-0.1, -0.05) is 43.7 Å². The molecule has 1 heterocycles. The molecular weight excluding hydrogens is 220 g/mol. The van der Waals surface area contributed by atoms with Crippen molar-refractivity contribution in [2.75, 3.05) is 19.6 Å². The Morgan fingerprint density at radius 2 is 1.89 bits per heavy atom. The quantitative estimate of drug-likeness (QED) is 0.776. The van der Waals surface area contributed by atoms with Crippen LogP contribution in [0.1, 0.15) is 38.2 Å². The van der Waals surface area contributed by atoms with Crippen LogP contribution in [-0.4, -0.2) is 30.6 Å². The molecule has 2 rings (SSSR count). The van der Waals surface area contributed by atoms with Crippen LogP contribution in [0.15, 0.2) is 30.3 Å². The number of nitrogens with one attached hydrogen (secondary N) is 1. The van der Waals surface area contributed by atoms with Gasteiger partial charge in [0.2, 0.25) is 0 Å². The maximum absolute atomic E-state index is 3.68. The van der Waals surface area contributed by atoms with Crippen molar-refractivity contribution in [3.05, 3.63) is 35.9 Å². The molecule has 1 N–H and O–H groups in total. The minimum absolute atomic E-state index is 0.753. The summed E-state index contributed by atoms with van der Waals surface area (Å²) in [4.78, 5) is 2.58. The zero-order chi connectivity index (χ0) is 12.6. The molecule has 100 valence electrons. The number of nitrogens with zero attached hydrogens (tertiary/aromatic N) is 1. The lowest BCUT2D eigenvalue weighted by molar-refractivity contribution is 0.190. The second-order valence-corrected chi connectivity index (χ2v) is 5.34. The monoisotopic (exact) mass is 246 g/mol. The Morgan fingerprint density at radius 3 is 2.56 bits per heavy atom. The third kappa shape index (κ3) is 4.43. The van der Waals surface area contributed by atoms with Crippen LogP contribution in [0.5, 0.6) is 0 Å². The first-order chi connectivity index (χ1) is 8.88. The Hall–Kier alpha value is -0.860. The van der Waals surface area contributed by atoms with Crippen molar-refractivity contribution in [3.8, 4) is 0 Å². The molecule has 0 unspecified atom stereocenters. The minimum atomic E-state index is 0.753. The summed E-state index contributed by atoms with van der Waals surface area (Å²) >= 11 is 0. The van der Waals surface area contributed by atoms with Crippen LogP contribution < -0.4 is 5.32 Å². The highest BCUT2D eigenvalue weighted by Gasteiger charge is 2.18. The number of likely N-dealkylation sites (tertiary alicyclic amines) is 1. The van der Waals surface area contributed by atoms with Crippen molar-refractivity contribution in [3.63, 3.8) is 0 Å². The summed E-state index contributed by atoms with van der Waals surface area (Å²) in [5.41, 5.74) is 1.44. The van der Waals surface area contributed by atoms with Crippen molar-refractivity contribution < 1.29 is 0 Å². The van der Waals surface area contributed by atoms with E-state index in [9.17, 15) is 0 Å². The number of piperidine rings is 1. The van der Waals surface area contributed by atoms with Crippen molar-refractivity contribution in [2.45, 2.75) is 45.2 Å². The molecule has 0 aliphatic carbocycles. The van der Waals surface area contributed by atoms with Gasteiger partial charge in [-0.25, -0.2) is 0 Å². The summed E-state index contributed by atoms with van der Waals surface area (Å²) < 4.78 is 0. The molecule has 0 radical (unpaired) electrons. The number of hydrogen-bond acceptors (Lipinski definition) is 2. The van der Waals surface area contributed by atoms with Gasteiger partial charge in [-0.3, -0.25) is 4.90 Å². The lowest BCUT2D eigenvalue weighted by atomic mass is 10.0. The Bertz CT molecular complexity index is 315. The van der Waals surface area contributed by atoms with E-state index < -0.39 is 0 Å². The van der Waals surface area contributed by atoms with E-state index in [1.165, 1.54) is 50.9 Å². The Kier molecular flexibility index (Phi) is 5.69. The van der Waals surface area contributed by atoms with Gasteiger partial charge in [0.25, 0.3) is 0 Å². The van der Waals surface area contributed by atoms with Crippen molar-refractivity contribution in [2.24, 2.45) is 0 Å². The molecule has 0 bridgehead atoms. The van der Waals surface area contributed by atoms with E-state index >= 15 is 0 Å². The van der Waals surface area contributed by atoms with Gasteiger partial charge < -0.3 is 5.32 Å². The standard InChI is InChI=1S/C16H26N2/c1-2-3-11-17-16-9-12-18(13-10-16)14-15-7-5-4-6-8-15/h4-8,16-17H,2-3,9-14H2,1H3. The van der Waals surface area contributed by atoms with Gasteiger partial charge in [-0.05, 0) is 44.5 Å². The Labute approximate surface area is 111 Å². The molecule has 1 aromatic carbocycles. The fraction of sp³-hybridized carbons (Fsp3) is 0.625. The summed E-state index contributed by atoms with van der Waals surface area (Å²) in [6.45, 7) is 7.03. The maximum atomic E-state index is 3.68. The zero-order valence-electron chi connectivity index (χ0n) is 11.6. The normalized spacial score (nSPS) is 18.1. The highest BCUT2D eigenvalue weighted by molar-refractivity contribution is 5.14. The molecule has 1 aliphatic heterocycles. The summed E-state index contributed by atoms with van der Waals surface area (Å²) in [6.07, 6.45) is 5.21. The van der Waals surface area contributed by atoms with E-state index in [-0.39, 0.29) is 0 Å². The van der Waals surface area contributed by atoms with Crippen molar-refractivity contribution in [1.29, 1.82) is 0 Å². The summed E-state index contributed by atoms with van der Waals surface area (Å²) in [6, 6.07) is 11.6. The second-order valence-electron chi connectivity index (χ2n) is 5.34. The highest BCUT2D eigenvalue weighted by atomic mass is 15.1. The molecule has 1 saturated heterocycles. The fourth-order valence-corrected chi connectivity index (χ4v) is 2.62. The minimum Gasteiger partial charge on any atom is -0.314 e. The van der Waals surface area contributed by atoms with E-state index in [0.29, 0.717) is 0 Å². The first-order valence-corrected chi connectivity index (χ1v) is 7.38. The molecule has 0 amide bonds. The van der Waals surface area contributed by atoms with Gasteiger partial charge in [0.15, 0.2) is 0 Å².